The van der Waals surface area contributed by atoms with E-state index in [1.807, 2.05) is 48.5 Å². The van der Waals surface area contributed by atoms with Crippen molar-refractivity contribution in [2.24, 2.45) is 0 Å². The maximum absolute atomic E-state index is 12.0. The summed E-state index contributed by atoms with van der Waals surface area (Å²) in [5.74, 6) is 5.97. The molecule has 1 amide bonds. The van der Waals surface area contributed by atoms with Crippen molar-refractivity contribution in [3.05, 3.63) is 83.7 Å². The van der Waals surface area contributed by atoms with Gasteiger partial charge in [-0.2, -0.15) is 0 Å². The van der Waals surface area contributed by atoms with E-state index < -0.39 is 0 Å². The number of thiazole rings is 1. The number of nitrogens with one attached hydrogen (secondary N) is 2. The SMILES string of the molecule is Nc1nc2c(O)cc(C#CCNc3cccc(CNC(=O)/C=C/c4ccccn4)c3)cc2s1. The van der Waals surface area contributed by atoms with E-state index in [1.54, 1.807) is 18.3 Å². The van der Waals surface area contributed by atoms with Crippen molar-refractivity contribution >= 4 is 44.4 Å². The zero-order valence-electron chi connectivity index (χ0n) is 17.6. The van der Waals surface area contributed by atoms with E-state index in [0.29, 0.717) is 29.3 Å². The summed E-state index contributed by atoms with van der Waals surface area (Å²) in [7, 11) is 0. The molecule has 4 rings (SSSR count). The molecule has 0 aliphatic heterocycles. The molecule has 2 aromatic heterocycles. The van der Waals surface area contributed by atoms with Crippen molar-refractivity contribution in [1.29, 1.82) is 0 Å². The predicted octanol–water partition coefficient (Wildman–Crippen LogP) is 3.77. The Labute approximate surface area is 195 Å². The van der Waals surface area contributed by atoms with Gasteiger partial charge in [0.2, 0.25) is 5.91 Å². The second-order valence-corrected chi connectivity index (χ2v) is 8.12. The van der Waals surface area contributed by atoms with Crippen LogP contribution in [0.3, 0.4) is 0 Å². The standard InChI is InChI=1S/C25H21N5O2S/c26-25-30-24-21(31)14-17(15-22(24)33-25)6-4-12-28-20-8-3-5-18(13-20)16-29-23(32)10-9-19-7-1-2-11-27-19/h1-3,5,7-11,13-15,28,31H,12,16H2,(H2,26,30)(H,29,32)/b10-9+. The lowest BCUT2D eigenvalue weighted by Gasteiger charge is -2.06. The van der Waals surface area contributed by atoms with Crippen LogP contribution in [0.1, 0.15) is 16.8 Å². The molecule has 0 aliphatic rings. The highest BCUT2D eigenvalue weighted by atomic mass is 32.1. The molecule has 0 unspecified atom stereocenters. The van der Waals surface area contributed by atoms with E-state index in [4.69, 9.17) is 5.73 Å². The van der Waals surface area contributed by atoms with Gasteiger partial charge in [-0.05, 0) is 48.0 Å². The third-order valence-corrected chi connectivity index (χ3v) is 5.42. The molecule has 7 nitrogen and oxygen atoms in total. The fourth-order valence-corrected chi connectivity index (χ4v) is 3.86. The molecule has 33 heavy (non-hydrogen) atoms. The third-order valence-electron chi connectivity index (χ3n) is 4.59. The fraction of sp³-hybridized carbons (Fsp3) is 0.0800. The lowest BCUT2D eigenvalue weighted by atomic mass is 10.2. The number of nitrogen functional groups attached to an aromatic ring is 1. The highest BCUT2D eigenvalue weighted by Crippen LogP contribution is 2.31. The summed E-state index contributed by atoms with van der Waals surface area (Å²) in [5, 5.41) is 16.6. The number of nitrogens with two attached hydrogens (primary N) is 1. The number of aromatic hydroxyl groups is 1. The van der Waals surface area contributed by atoms with E-state index >= 15 is 0 Å². The minimum Gasteiger partial charge on any atom is -0.506 e. The van der Waals surface area contributed by atoms with Gasteiger partial charge >= 0.3 is 0 Å². The fourth-order valence-electron chi connectivity index (χ4n) is 3.07. The molecule has 0 aliphatic carbocycles. The number of carbonyl (C=O) groups is 1. The number of aromatic nitrogens is 2. The van der Waals surface area contributed by atoms with Crippen LogP contribution in [-0.4, -0.2) is 27.5 Å². The van der Waals surface area contributed by atoms with Crippen LogP contribution < -0.4 is 16.4 Å². The van der Waals surface area contributed by atoms with Gasteiger partial charge in [-0.3, -0.25) is 9.78 Å². The Kier molecular flexibility index (Phi) is 6.83. The molecular weight excluding hydrogens is 434 g/mol. The number of hydrogen-bond donors (Lipinski definition) is 4. The summed E-state index contributed by atoms with van der Waals surface area (Å²) in [6.45, 7) is 0.829. The van der Waals surface area contributed by atoms with E-state index in [2.05, 4.69) is 32.4 Å². The Balaban J connectivity index is 1.30. The maximum Gasteiger partial charge on any atom is 0.244 e. The number of nitrogens with zero attached hydrogens (tertiary/aromatic N) is 2. The molecule has 0 atom stereocenters. The molecule has 0 radical (unpaired) electrons. The molecule has 8 heteroatoms. The molecule has 2 aromatic carbocycles. The number of anilines is 2. The average Bonchev–Trinajstić information content (AvgIpc) is 3.21. The summed E-state index contributed by atoms with van der Waals surface area (Å²) >= 11 is 1.31. The summed E-state index contributed by atoms with van der Waals surface area (Å²) in [6.07, 6.45) is 4.82. The molecule has 164 valence electrons. The van der Waals surface area contributed by atoms with Crippen LogP contribution in [-0.2, 0) is 11.3 Å². The number of phenolic OH excluding ortho intramolecular Hbond substituents is 1. The second kappa shape index (κ2) is 10.3. The predicted molar refractivity (Wildman–Crippen MR) is 133 cm³/mol. The molecule has 0 spiro atoms. The van der Waals surface area contributed by atoms with Gasteiger partial charge in [-0.15, -0.1) is 0 Å². The van der Waals surface area contributed by atoms with Crippen LogP contribution >= 0.6 is 11.3 Å². The van der Waals surface area contributed by atoms with E-state index in [1.165, 1.54) is 17.4 Å². The quantitative estimate of drug-likeness (QED) is 0.260. The number of carbonyl (C=O) groups excluding carboxylic acids is 1. The zero-order valence-corrected chi connectivity index (χ0v) is 18.4. The first-order valence-electron chi connectivity index (χ1n) is 10.1. The number of amides is 1. The number of phenols is 1. The second-order valence-electron chi connectivity index (χ2n) is 7.06. The maximum atomic E-state index is 12.0. The summed E-state index contributed by atoms with van der Waals surface area (Å²) in [4.78, 5) is 20.3. The van der Waals surface area contributed by atoms with Crippen LogP contribution in [0.25, 0.3) is 16.3 Å². The monoisotopic (exact) mass is 455 g/mol. The van der Waals surface area contributed by atoms with E-state index in [-0.39, 0.29) is 11.7 Å². The molecule has 0 bridgehead atoms. The number of rotatable bonds is 6. The Bertz CT molecular complexity index is 1370. The van der Waals surface area contributed by atoms with Gasteiger partial charge < -0.3 is 21.5 Å². The molecule has 2 heterocycles. The summed E-state index contributed by atoms with van der Waals surface area (Å²) in [5.41, 5.74) is 9.49. The molecule has 0 fully saturated rings. The Morgan fingerprint density at radius 1 is 1.18 bits per heavy atom. The molecule has 0 saturated carbocycles. The zero-order chi connectivity index (χ0) is 23.0. The van der Waals surface area contributed by atoms with Crippen molar-refractivity contribution in [2.75, 3.05) is 17.6 Å². The molecule has 0 saturated heterocycles. The summed E-state index contributed by atoms with van der Waals surface area (Å²) in [6, 6.07) is 16.7. The van der Waals surface area contributed by atoms with Crippen LogP contribution in [0, 0.1) is 11.8 Å². The lowest BCUT2D eigenvalue weighted by Crippen LogP contribution is -2.20. The highest BCUT2D eigenvalue weighted by molar-refractivity contribution is 7.22. The van der Waals surface area contributed by atoms with E-state index in [0.717, 1.165) is 21.6 Å². The first-order chi connectivity index (χ1) is 16.1. The average molecular weight is 456 g/mol. The third kappa shape index (κ3) is 6.09. The number of fused-ring (bicyclic) bond motifs is 1. The number of benzene rings is 2. The van der Waals surface area contributed by atoms with Crippen LogP contribution in [0.5, 0.6) is 5.75 Å². The van der Waals surface area contributed by atoms with Gasteiger partial charge in [0.15, 0.2) is 5.13 Å². The van der Waals surface area contributed by atoms with Gasteiger partial charge in [0, 0.05) is 30.1 Å². The molecule has 4 aromatic rings. The minimum atomic E-state index is -0.187. The highest BCUT2D eigenvalue weighted by Gasteiger charge is 2.07. The molecule has 5 N–H and O–H groups in total. The van der Waals surface area contributed by atoms with Crippen molar-refractivity contribution in [2.45, 2.75) is 6.54 Å². The van der Waals surface area contributed by atoms with Gasteiger partial charge in [0.1, 0.15) is 11.3 Å². The van der Waals surface area contributed by atoms with Crippen LogP contribution in [0.2, 0.25) is 0 Å². The van der Waals surface area contributed by atoms with Crippen molar-refractivity contribution in [3.63, 3.8) is 0 Å². The van der Waals surface area contributed by atoms with Gasteiger partial charge in [-0.25, -0.2) is 4.98 Å². The van der Waals surface area contributed by atoms with Crippen molar-refractivity contribution in [3.8, 4) is 17.6 Å². The normalized spacial score (nSPS) is 10.7. The smallest absolute Gasteiger partial charge is 0.244 e. The Hall–Kier alpha value is -4.35. The van der Waals surface area contributed by atoms with Gasteiger partial charge in [0.05, 0.1) is 16.9 Å². The Morgan fingerprint density at radius 3 is 2.94 bits per heavy atom. The van der Waals surface area contributed by atoms with Gasteiger partial charge in [-0.1, -0.05) is 41.4 Å². The first kappa shape index (κ1) is 21.9. The summed E-state index contributed by atoms with van der Waals surface area (Å²) < 4.78 is 0.800. The van der Waals surface area contributed by atoms with Crippen molar-refractivity contribution in [1.82, 2.24) is 15.3 Å². The first-order valence-corrected chi connectivity index (χ1v) is 11.0. The van der Waals surface area contributed by atoms with E-state index in [9.17, 15) is 9.90 Å². The van der Waals surface area contributed by atoms with Crippen LogP contribution in [0.15, 0.2) is 66.9 Å². The van der Waals surface area contributed by atoms with Gasteiger partial charge in [0.25, 0.3) is 0 Å². The Morgan fingerprint density at radius 2 is 2.09 bits per heavy atom. The largest absolute Gasteiger partial charge is 0.506 e. The topological polar surface area (TPSA) is 113 Å². The minimum absolute atomic E-state index is 0.0716. The molecular formula is C25H21N5O2S. The number of hydrogen-bond acceptors (Lipinski definition) is 7. The van der Waals surface area contributed by atoms with Crippen LogP contribution in [0.4, 0.5) is 10.8 Å². The lowest BCUT2D eigenvalue weighted by molar-refractivity contribution is -0.116. The number of pyridine rings is 1. The van der Waals surface area contributed by atoms with Crippen molar-refractivity contribution < 1.29 is 9.90 Å².